The predicted octanol–water partition coefficient (Wildman–Crippen LogP) is 3.05. The molecular weight excluding hydrogens is 444 g/mol. The second-order valence-corrected chi connectivity index (χ2v) is 8.59. The van der Waals surface area contributed by atoms with Gasteiger partial charge < -0.3 is 0 Å². The van der Waals surface area contributed by atoms with Crippen molar-refractivity contribution < 1.29 is 0 Å². The molecule has 0 atom stereocenters. The van der Waals surface area contributed by atoms with Gasteiger partial charge in [-0.3, -0.25) is 14.1 Å². The molecule has 4 aromatic heterocycles. The first kappa shape index (κ1) is 22.4. The van der Waals surface area contributed by atoms with Gasteiger partial charge in [-0.05, 0) is 48.2 Å². The highest BCUT2D eigenvalue weighted by Gasteiger charge is 2.19. The van der Waals surface area contributed by atoms with E-state index in [1.807, 2.05) is 61.1 Å². The Hall–Kier alpha value is -4.41. The summed E-state index contributed by atoms with van der Waals surface area (Å²) in [7, 11) is 0. The van der Waals surface area contributed by atoms with E-state index in [0.717, 1.165) is 40.8 Å². The summed E-state index contributed by atoms with van der Waals surface area (Å²) in [6, 6.07) is 10.0. The van der Waals surface area contributed by atoms with E-state index in [1.54, 1.807) is 21.7 Å². The number of imidazole rings is 1. The number of aromatic nitrogens is 10. The van der Waals surface area contributed by atoms with E-state index in [0.29, 0.717) is 18.3 Å². The van der Waals surface area contributed by atoms with Crippen molar-refractivity contribution in [1.29, 1.82) is 0 Å². The summed E-state index contributed by atoms with van der Waals surface area (Å²) >= 11 is 0. The molecular formula is C24H26N10O. The van der Waals surface area contributed by atoms with Crippen LogP contribution >= 0.6 is 0 Å². The average Bonchev–Trinajstić information content (AvgIpc) is 3.62. The zero-order valence-electron chi connectivity index (χ0n) is 19.8. The van der Waals surface area contributed by atoms with Crippen LogP contribution in [0.25, 0.3) is 28.5 Å². The molecule has 0 aliphatic carbocycles. The van der Waals surface area contributed by atoms with Gasteiger partial charge in [0.2, 0.25) is 11.8 Å². The van der Waals surface area contributed by atoms with Crippen LogP contribution in [-0.2, 0) is 13.0 Å². The number of aryl methyl sites for hydroxylation is 1. The highest BCUT2D eigenvalue weighted by atomic mass is 16.2. The molecule has 35 heavy (non-hydrogen) atoms. The van der Waals surface area contributed by atoms with Crippen LogP contribution in [-0.4, -0.2) is 49.5 Å². The van der Waals surface area contributed by atoms with Crippen molar-refractivity contribution in [3.63, 3.8) is 0 Å². The molecule has 11 nitrogen and oxygen atoms in total. The number of benzene rings is 1. The second-order valence-electron chi connectivity index (χ2n) is 8.59. The summed E-state index contributed by atoms with van der Waals surface area (Å²) < 4.78 is 5.28. The highest BCUT2D eigenvalue weighted by molar-refractivity contribution is 5.69. The van der Waals surface area contributed by atoms with Crippen molar-refractivity contribution in [3.8, 4) is 28.5 Å². The molecule has 1 aromatic carbocycles. The zero-order chi connectivity index (χ0) is 24.4. The minimum Gasteiger partial charge on any atom is -0.297 e. The summed E-state index contributed by atoms with van der Waals surface area (Å²) in [4.78, 5) is 17.9. The van der Waals surface area contributed by atoms with Gasteiger partial charge in [0.1, 0.15) is 6.33 Å². The zero-order valence-corrected chi connectivity index (χ0v) is 19.8. The van der Waals surface area contributed by atoms with Crippen LogP contribution in [0.5, 0.6) is 0 Å². The molecule has 0 unspecified atom stereocenters. The number of tetrazole rings is 1. The van der Waals surface area contributed by atoms with Crippen molar-refractivity contribution >= 4 is 0 Å². The van der Waals surface area contributed by atoms with E-state index in [4.69, 9.17) is 0 Å². The molecule has 5 aromatic rings. The lowest BCUT2D eigenvalue weighted by molar-refractivity contribution is 0.576. The van der Waals surface area contributed by atoms with Crippen LogP contribution in [0, 0.1) is 0 Å². The Labute approximate surface area is 201 Å². The van der Waals surface area contributed by atoms with Crippen LogP contribution in [0.2, 0.25) is 0 Å². The van der Waals surface area contributed by atoms with E-state index in [2.05, 4.69) is 42.7 Å². The smallest absolute Gasteiger partial charge is 0.297 e. The van der Waals surface area contributed by atoms with Crippen LogP contribution in [0.1, 0.15) is 44.5 Å². The Balaban J connectivity index is 1.53. The molecule has 4 heterocycles. The lowest BCUT2D eigenvalue weighted by Crippen LogP contribution is -2.27. The normalized spacial score (nSPS) is 11.4. The van der Waals surface area contributed by atoms with Gasteiger partial charge in [-0.25, -0.2) is 9.36 Å². The van der Waals surface area contributed by atoms with Crippen LogP contribution < -0.4 is 5.69 Å². The number of nitrogens with one attached hydrogen (secondary N) is 1. The number of H-pyrrole nitrogens is 1. The van der Waals surface area contributed by atoms with Crippen LogP contribution in [0.15, 0.2) is 60.0 Å². The van der Waals surface area contributed by atoms with Gasteiger partial charge in [0, 0.05) is 35.9 Å². The third kappa shape index (κ3) is 4.27. The minimum atomic E-state index is -0.148. The maximum Gasteiger partial charge on any atom is 0.335 e. The van der Waals surface area contributed by atoms with E-state index in [1.165, 1.54) is 0 Å². The Morgan fingerprint density at radius 1 is 1.06 bits per heavy atom. The predicted molar refractivity (Wildman–Crippen MR) is 130 cm³/mol. The Morgan fingerprint density at radius 3 is 2.57 bits per heavy atom. The van der Waals surface area contributed by atoms with Crippen molar-refractivity contribution in [2.75, 3.05) is 0 Å². The molecule has 0 spiro atoms. The standard InChI is InChI=1S/C24H26N10O/c1-4-5-20-14-33(23-29-26-15-34(23)16(2)3)24(35)32(20)13-19-12-25-11-10-21(19)17-6-8-18(9-7-17)22-27-30-31-28-22/h6-12,14-16H,4-5,13H2,1-3H3,(H,27,28,30,31). The summed E-state index contributed by atoms with van der Waals surface area (Å²) in [6.07, 6.45) is 8.80. The molecule has 0 fully saturated rings. The molecule has 5 rings (SSSR count). The van der Waals surface area contributed by atoms with Gasteiger partial charge in [0.25, 0.3) is 0 Å². The fourth-order valence-electron chi connectivity index (χ4n) is 4.16. The maximum atomic E-state index is 13.6. The molecule has 0 amide bonds. The van der Waals surface area contributed by atoms with Gasteiger partial charge in [0.15, 0.2) is 0 Å². The third-order valence-corrected chi connectivity index (χ3v) is 5.93. The highest BCUT2D eigenvalue weighted by Crippen LogP contribution is 2.26. The van der Waals surface area contributed by atoms with E-state index >= 15 is 0 Å². The fraction of sp³-hybridized carbons (Fsp3) is 0.292. The number of nitrogens with zero attached hydrogens (tertiary/aromatic N) is 9. The van der Waals surface area contributed by atoms with Gasteiger partial charge in [-0.1, -0.05) is 37.6 Å². The first-order valence-electron chi connectivity index (χ1n) is 11.5. The molecule has 0 aliphatic rings. The lowest BCUT2D eigenvalue weighted by atomic mass is 10.00. The molecule has 0 bridgehead atoms. The van der Waals surface area contributed by atoms with Crippen LogP contribution in [0.3, 0.4) is 0 Å². The number of pyridine rings is 1. The minimum absolute atomic E-state index is 0.130. The summed E-state index contributed by atoms with van der Waals surface area (Å²) in [5.74, 6) is 1.06. The molecule has 0 aliphatic heterocycles. The van der Waals surface area contributed by atoms with Gasteiger partial charge >= 0.3 is 5.69 Å². The molecule has 0 saturated carbocycles. The second kappa shape index (κ2) is 9.45. The molecule has 0 radical (unpaired) electrons. The Bertz CT molecular complexity index is 1480. The number of hydrogen-bond acceptors (Lipinski definition) is 7. The first-order valence-corrected chi connectivity index (χ1v) is 11.5. The van der Waals surface area contributed by atoms with Gasteiger partial charge in [0.05, 0.1) is 6.54 Å². The van der Waals surface area contributed by atoms with Crippen molar-refractivity contribution in [2.24, 2.45) is 0 Å². The number of rotatable bonds is 8. The first-order chi connectivity index (χ1) is 17.1. The van der Waals surface area contributed by atoms with Gasteiger partial charge in [-0.2, -0.15) is 5.21 Å². The van der Waals surface area contributed by atoms with E-state index in [-0.39, 0.29) is 11.7 Å². The molecule has 0 saturated heterocycles. The molecule has 1 N–H and O–H groups in total. The summed E-state index contributed by atoms with van der Waals surface area (Å²) in [5, 5.41) is 22.4. The quantitative estimate of drug-likeness (QED) is 0.369. The number of aromatic amines is 1. The Morgan fingerprint density at radius 2 is 1.86 bits per heavy atom. The van der Waals surface area contributed by atoms with Crippen molar-refractivity contribution in [3.05, 3.63) is 77.0 Å². The maximum absolute atomic E-state index is 13.6. The van der Waals surface area contributed by atoms with Crippen molar-refractivity contribution in [2.45, 2.75) is 46.2 Å². The SMILES string of the molecule is CCCc1cn(-c2nncn2C(C)C)c(=O)n1Cc1cnccc1-c1ccc(-c2nn[nH]n2)cc1. The largest absolute Gasteiger partial charge is 0.335 e. The summed E-state index contributed by atoms with van der Waals surface area (Å²) in [6.45, 7) is 6.57. The van der Waals surface area contributed by atoms with E-state index in [9.17, 15) is 4.79 Å². The third-order valence-electron chi connectivity index (χ3n) is 5.93. The average molecular weight is 471 g/mol. The molecule has 11 heteroatoms. The summed E-state index contributed by atoms with van der Waals surface area (Å²) in [5.41, 5.74) is 4.63. The monoisotopic (exact) mass is 470 g/mol. The van der Waals surface area contributed by atoms with Crippen molar-refractivity contribution in [1.82, 2.24) is 49.5 Å². The van der Waals surface area contributed by atoms with Crippen LogP contribution in [0.4, 0.5) is 0 Å². The topological polar surface area (TPSA) is 125 Å². The fourth-order valence-corrected chi connectivity index (χ4v) is 4.16. The lowest BCUT2D eigenvalue weighted by Gasteiger charge is -2.12. The number of hydrogen-bond donors (Lipinski definition) is 1. The van der Waals surface area contributed by atoms with Gasteiger partial charge in [-0.15, -0.1) is 20.4 Å². The molecule has 178 valence electrons. The Kier molecular flexibility index (Phi) is 6.04. The van der Waals surface area contributed by atoms with E-state index < -0.39 is 0 Å².